The number of hydrogen-bond acceptors (Lipinski definition) is 3. The number of piperidine rings is 1. The molecule has 1 atom stereocenters. The Labute approximate surface area is 118 Å². The van der Waals surface area contributed by atoms with Crippen LogP contribution in [-0.2, 0) is 10.2 Å². The minimum absolute atomic E-state index is 0.152. The molecule has 1 aliphatic heterocycles. The van der Waals surface area contributed by atoms with Gasteiger partial charge in [-0.25, -0.2) is 4.72 Å². The van der Waals surface area contributed by atoms with Crippen LogP contribution in [0.3, 0.4) is 0 Å². The van der Waals surface area contributed by atoms with E-state index >= 15 is 0 Å². The van der Waals surface area contributed by atoms with E-state index < -0.39 is 10.2 Å². The van der Waals surface area contributed by atoms with Crippen LogP contribution in [0, 0.1) is 11.3 Å². The van der Waals surface area contributed by atoms with Crippen molar-refractivity contribution in [1.29, 1.82) is 0 Å². The van der Waals surface area contributed by atoms with Gasteiger partial charge in [0.05, 0.1) is 0 Å². The van der Waals surface area contributed by atoms with Gasteiger partial charge in [-0.1, -0.05) is 20.8 Å². The summed E-state index contributed by atoms with van der Waals surface area (Å²) in [5.41, 5.74) is 0.152. The van der Waals surface area contributed by atoms with Gasteiger partial charge in [0, 0.05) is 19.6 Å². The molecule has 0 aromatic heterocycles. The van der Waals surface area contributed by atoms with E-state index in [0.29, 0.717) is 25.6 Å². The summed E-state index contributed by atoms with van der Waals surface area (Å²) >= 11 is 0. The average Bonchev–Trinajstić information content (AvgIpc) is 2.28. The minimum atomic E-state index is -3.30. The van der Waals surface area contributed by atoms with Crippen molar-refractivity contribution in [3.8, 4) is 0 Å². The predicted molar refractivity (Wildman–Crippen MR) is 79.2 cm³/mol. The highest BCUT2D eigenvalue weighted by molar-refractivity contribution is 7.87. The second-order valence-electron chi connectivity index (χ2n) is 6.63. The number of nitrogens with zero attached hydrogens (tertiary/aromatic N) is 1. The van der Waals surface area contributed by atoms with Gasteiger partial charge in [0.25, 0.3) is 10.2 Å². The summed E-state index contributed by atoms with van der Waals surface area (Å²) in [4.78, 5) is 0. The van der Waals surface area contributed by atoms with Gasteiger partial charge < -0.3 is 5.32 Å². The van der Waals surface area contributed by atoms with E-state index in [1.165, 1.54) is 0 Å². The third-order valence-electron chi connectivity index (χ3n) is 3.47. The molecule has 1 rings (SSSR count). The van der Waals surface area contributed by atoms with Crippen LogP contribution in [0.4, 0.5) is 0 Å². The molecule has 2 N–H and O–H groups in total. The molecular formula is C13H29N3O2S. The maximum atomic E-state index is 12.2. The molecule has 5 nitrogen and oxygen atoms in total. The lowest BCUT2D eigenvalue weighted by Gasteiger charge is -2.32. The molecule has 0 amide bonds. The fraction of sp³-hybridized carbons (Fsp3) is 1.00. The van der Waals surface area contributed by atoms with Crippen LogP contribution in [0.25, 0.3) is 0 Å². The Kier molecular flexibility index (Phi) is 6.23. The molecule has 19 heavy (non-hydrogen) atoms. The zero-order valence-corrected chi connectivity index (χ0v) is 13.5. The fourth-order valence-electron chi connectivity index (χ4n) is 2.35. The van der Waals surface area contributed by atoms with Crippen molar-refractivity contribution in [3.63, 3.8) is 0 Å². The highest BCUT2D eigenvalue weighted by Gasteiger charge is 2.28. The predicted octanol–water partition coefficient (Wildman–Crippen LogP) is 1.19. The lowest BCUT2D eigenvalue weighted by atomic mass is 9.93. The van der Waals surface area contributed by atoms with Gasteiger partial charge >= 0.3 is 0 Å². The van der Waals surface area contributed by atoms with Gasteiger partial charge in [-0.15, -0.1) is 0 Å². The van der Waals surface area contributed by atoms with Crippen LogP contribution in [0.5, 0.6) is 0 Å². The lowest BCUT2D eigenvalue weighted by Crippen LogP contribution is -2.47. The summed E-state index contributed by atoms with van der Waals surface area (Å²) in [6.07, 6.45) is 2.90. The molecule has 0 aliphatic carbocycles. The summed E-state index contributed by atoms with van der Waals surface area (Å²) in [6, 6.07) is 0. The largest absolute Gasteiger partial charge is 0.319 e. The Balaban J connectivity index is 2.47. The Morgan fingerprint density at radius 1 is 1.32 bits per heavy atom. The third kappa shape index (κ3) is 6.21. The number of rotatable bonds is 6. The van der Waals surface area contributed by atoms with E-state index in [9.17, 15) is 8.42 Å². The Hall–Kier alpha value is -0.170. The first-order valence-electron chi connectivity index (χ1n) is 7.14. The smallest absolute Gasteiger partial charge is 0.279 e. The normalized spacial score (nSPS) is 22.6. The summed E-state index contributed by atoms with van der Waals surface area (Å²) in [5.74, 6) is 0.429. The summed E-state index contributed by atoms with van der Waals surface area (Å²) < 4.78 is 28.8. The molecule has 0 radical (unpaired) electrons. The van der Waals surface area contributed by atoms with Crippen LogP contribution in [0.15, 0.2) is 0 Å². The first kappa shape index (κ1) is 16.9. The van der Waals surface area contributed by atoms with Gasteiger partial charge in [0.2, 0.25) is 0 Å². The van der Waals surface area contributed by atoms with Gasteiger partial charge in [0.1, 0.15) is 0 Å². The molecule has 114 valence electrons. The Morgan fingerprint density at radius 2 is 2.00 bits per heavy atom. The molecule has 1 fully saturated rings. The van der Waals surface area contributed by atoms with Gasteiger partial charge in [-0.05, 0) is 44.2 Å². The van der Waals surface area contributed by atoms with Crippen molar-refractivity contribution >= 4 is 10.2 Å². The van der Waals surface area contributed by atoms with Crippen LogP contribution >= 0.6 is 0 Å². The van der Waals surface area contributed by atoms with E-state index in [0.717, 1.165) is 25.8 Å². The van der Waals surface area contributed by atoms with Crippen LogP contribution in [-0.4, -0.2) is 45.9 Å². The molecule has 0 saturated carbocycles. The lowest BCUT2D eigenvalue weighted by molar-refractivity contribution is 0.260. The molecule has 1 saturated heterocycles. The number of hydrogen-bond donors (Lipinski definition) is 2. The third-order valence-corrected chi connectivity index (χ3v) is 5.05. The van der Waals surface area contributed by atoms with Crippen LogP contribution in [0.1, 0.15) is 40.0 Å². The van der Waals surface area contributed by atoms with E-state index in [4.69, 9.17) is 0 Å². The standard InChI is InChI=1S/C13H29N3O2S/c1-13(2,3)7-8-15-19(17,18)16-9-5-6-12(11-16)10-14-4/h12,14-15H,5-11H2,1-4H3. The first-order chi connectivity index (χ1) is 8.74. The van der Waals surface area contributed by atoms with Crippen LogP contribution < -0.4 is 10.0 Å². The molecule has 0 spiro atoms. The summed E-state index contributed by atoms with van der Waals surface area (Å²) in [7, 11) is -1.39. The minimum Gasteiger partial charge on any atom is -0.319 e. The summed E-state index contributed by atoms with van der Waals surface area (Å²) in [5, 5.41) is 3.13. The Morgan fingerprint density at radius 3 is 2.58 bits per heavy atom. The molecule has 0 aromatic rings. The molecule has 1 aliphatic rings. The molecule has 0 aromatic carbocycles. The van der Waals surface area contributed by atoms with Crippen molar-refractivity contribution in [1.82, 2.24) is 14.3 Å². The van der Waals surface area contributed by atoms with E-state index in [1.54, 1.807) is 4.31 Å². The van der Waals surface area contributed by atoms with Gasteiger partial charge in [-0.3, -0.25) is 0 Å². The Bertz CT molecular complexity index is 361. The molecular weight excluding hydrogens is 262 g/mol. The maximum absolute atomic E-state index is 12.2. The van der Waals surface area contributed by atoms with Crippen molar-refractivity contribution in [3.05, 3.63) is 0 Å². The fourth-order valence-corrected chi connectivity index (χ4v) is 3.67. The summed E-state index contributed by atoms with van der Waals surface area (Å²) in [6.45, 7) is 9.02. The van der Waals surface area contributed by atoms with Crippen LogP contribution in [0.2, 0.25) is 0 Å². The van der Waals surface area contributed by atoms with Crippen molar-refractivity contribution in [2.75, 3.05) is 33.2 Å². The quantitative estimate of drug-likeness (QED) is 0.773. The molecule has 0 bridgehead atoms. The highest BCUT2D eigenvalue weighted by atomic mass is 32.2. The molecule has 6 heteroatoms. The topological polar surface area (TPSA) is 61.4 Å². The second-order valence-corrected chi connectivity index (χ2v) is 8.39. The zero-order chi connectivity index (χ0) is 14.5. The number of nitrogens with one attached hydrogen (secondary N) is 2. The zero-order valence-electron chi connectivity index (χ0n) is 12.7. The van der Waals surface area contributed by atoms with Crippen molar-refractivity contribution < 1.29 is 8.42 Å². The average molecular weight is 291 g/mol. The highest BCUT2D eigenvalue weighted by Crippen LogP contribution is 2.19. The molecule has 1 unspecified atom stereocenters. The van der Waals surface area contributed by atoms with Gasteiger partial charge in [0.15, 0.2) is 0 Å². The maximum Gasteiger partial charge on any atom is 0.279 e. The van der Waals surface area contributed by atoms with Crippen molar-refractivity contribution in [2.45, 2.75) is 40.0 Å². The first-order valence-corrected chi connectivity index (χ1v) is 8.58. The SMILES string of the molecule is CNCC1CCCN(S(=O)(=O)NCCC(C)(C)C)C1. The van der Waals surface area contributed by atoms with Crippen molar-refractivity contribution in [2.24, 2.45) is 11.3 Å². The van der Waals surface area contributed by atoms with E-state index in [2.05, 4.69) is 30.8 Å². The monoisotopic (exact) mass is 291 g/mol. The second kappa shape index (κ2) is 7.02. The van der Waals surface area contributed by atoms with E-state index in [-0.39, 0.29) is 5.41 Å². The van der Waals surface area contributed by atoms with Gasteiger partial charge in [-0.2, -0.15) is 12.7 Å². The molecule has 1 heterocycles. The van der Waals surface area contributed by atoms with E-state index in [1.807, 2.05) is 7.05 Å².